The van der Waals surface area contributed by atoms with E-state index < -0.39 is 22.5 Å². The van der Waals surface area contributed by atoms with Crippen molar-refractivity contribution in [1.82, 2.24) is 5.43 Å². The molecule has 0 atom stereocenters. The number of amides is 1. The van der Waals surface area contributed by atoms with Crippen molar-refractivity contribution in [2.75, 3.05) is 10.8 Å². The Morgan fingerprint density at radius 1 is 1.00 bits per heavy atom. The topological polar surface area (TPSA) is 92.0 Å². The van der Waals surface area contributed by atoms with Crippen LogP contribution in [0.15, 0.2) is 99.3 Å². The lowest BCUT2D eigenvalue weighted by Gasteiger charge is -2.23. The van der Waals surface area contributed by atoms with E-state index in [1.54, 1.807) is 72.8 Å². The van der Waals surface area contributed by atoms with Crippen molar-refractivity contribution in [3.8, 4) is 11.3 Å². The zero-order chi connectivity index (χ0) is 25.7. The Hall–Kier alpha value is -3.59. The van der Waals surface area contributed by atoms with Gasteiger partial charge in [0, 0.05) is 10.6 Å². The zero-order valence-electron chi connectivity index (χ0n) is 19.1. The highest BCUT2D eigenvalue weighted by Crippen LogP contribution is 2.31. The van der Waals surface area contributed by atoms with Gasteiger partial charge in [-0.3, -0.25) is 9.10 Å². The van der Waals surface area contributed by atoms with E-state index in [-0.39, 0.29) is 4.90 Å². The summed E-state index contributed by atoms with van der Waals surface area (Å²) in [6.07, 6.45) is 1.31. The minimum absolute atomic E-state index is 0.0749. The molecule has 0 radical (unpaired) electrons. The summed E-state index contributed by atoms with van der Waals surface area (Å²) in [5.74, 6) is 0.242. The first kappa shape index (κ1) is 25.5. The highest BCUT2D eigenvalue weighted by molar-refractivity contribution is 7.92. The van der Waals surface area contributed by atoms with Crippen molar-refractivity contribution in [2.45, 2.75) is 11.8 Å². The molecule has 3 aromatic carbocycles. The van der Waals surface area contributed by atoms with E-state index >= 15 is 0 Å². The third-order valence-electron chi connectivity index (χ3n) is 5.14. The number of halogens is 2. The number of hydrazone groups is 1. The van der Waals surface area contributed by atoms with E-state index in [4.69, 9.17) is 27.6 Å². The molecule has 0 saturated carbocycles. The van der Waals surface area contributed by atoms with Crippen molar-refractivity contribution in [3.05, 3.63) is 106 Å². The summed E-state index contributed by atoms with van der Waals surface area (Å²) in [5.41, 5.74) is 4.33. The molecule has 10 heteroatoms. The van der Waals surface area contributed by atoms with Crippen LogP contribution in [0.3, 0.4) is 0 Å². The van der Waals surface area contributed by atoms with Crippen LogP contribution < -0.4 is 9.73 Å². The first-order valence-corrected chi connectivity index (χ1v) is 13.0. The van der Waals surface area contributed by atoms with Gasteiger partial charge < -0.3 is 4.42 Å². The zero-order valence-corrected chi connectivity index (χ0v) is 21.4. The van der Waals surface area contributed by atoms with Gasteiger partial charge in [0.15, 0.2) is 0 Å². The molecule has 1 aromatic heterocycles. The molecule has 0 fully saturated rings. The summed E-state index contributed by atoms with van der Waals surface area (Å²) in [7, 11) is -3.99. The van der Waals surface area contributed by atoms with Crippen LogP contribution in [0.25, 0.3) is 11.3 Å². The molecule has 7 nitrogen and oxygen atoms in total. The Morgan fingerprint density at radius 2 is 1.72 bits per heavy atom. The van der Waals surface area contributed by atoms with Crippen LogP contribution in [0, 0.1) is 6.92 Å². The third-order valence-corrected chi connectivity index (χ3v) is 7.48. The van der Waals surface area contributed by atoms with E-state index in [1.807, 2.05) is 6.92 Å². The second-order valence-corrected chi connectivity index (χ2v) is 10.5. The Morgan fingerprint density at radius 3 is 2.42 bits per heavy atom. The van der Waals surface area contributed by atoms with Gasteiger partial charge in [-0.25, -0.2) is 13.8 Å². The van der Waals surface area contributed by atoms with E-state index in [1.165, 1.54) is 18.3 Å². The van der Waals surface area contributed by atoms with Gasteiger partial charge in [0.25, 0.3) is 15.9 Å². The second-order valence-electron chi connectivity index (χ2n) is 7.78. The lowest BCUT2D eigenvalue weighted by molar-refractivity contribution is -0.119. The minimum Gasteiger partial charge on any atom is -0.455 e. The Balaban J connectivity index is 1.49. The van der Waals surface area contributed by atoms with E-state index in [9.17, 15) is 13.2 Å². The van der Waals surface area contributed by atoms with Gasteiger partial charge in [-0.05, 0) is 61.5 Å². The molecule has 184 valence electrons. The van der Waals surface area contributed by atoms with Crippen molar-refractivity contribution in [3.63, 3.8) is 0 Å². The highest BCUT2D eigenvalue weighted by Gasteiger charge is 2.27. The maximum atomic E-state index is 13.3. The molecule has 0 aliphatic rings. The van der Waals surface area contributed by atoms with Crippen molar-refractivity contribution < 1.29 is 17.6 Å². The van der Waals surface area contributed by atoms with Crippen LogP contribution in [-0.2, 0) is 14.8 Å². The molecular formula is C26H21Cl2N3O4S. The molecular weight excluding hydrogens is 521 g/mol. The molecule has 4 aromatic rings. The largest absolute Gasteiger partial charge is 0.455 e. The van der Waals surface area contributed by atoms with Crippen LogP contribution in [0.1, 0.15) is 11.3 Å². The number of nitrogens with one attached hydrogen (secondary N) is 1. The SMILES string of the molecule is Cc1ccc(N(CC(=O)N/N=C\c2ccc(-c3ccc(Cl)cc3Cl)o2)S(=O)(=O)c2ccccc2)cc1. The fourth-order valence-electron chi connectivity index (χ4n) is 3.34. The van der Waals surface area contributed by atoms with E-state index in [0.29, 0.717) is 32.8 Å². The maximum absolute atomic E-state index is 13.3. The molecule has 0 spiro atoms. The molecule has 0 bridgehead atoms. The van der Waals surface area contributed by atoms with Crippen molar-refractivity contribution in [2.24, 2.45) is 5.10 Å². The predicted octanol–water partition coefficient (Wildman–Crippen LogP) is 5.91. The first-order chi connectivity index (χ1) is 17.2. The molecule has 0 aliphatic carbocycles. The quantitative estimate of drug-likeness (QED) is 0.222. The molecule has 1 N–H and O–H groups in total. The number of furan rings is 1. The monoisotopic (exact) mass is 541 g/mol. The van der Waals surface area contributed by atoms with Crippen LogP contribution in [0.2, 0.25) is 10.0 Å². The second kappa shape index (κ2) is 11.0. The number of sulfonamides is 1. The highest BCUT2D eigenvalue weighted by atomic mass is 35.5. The number of anilines is 1. The fourth-order valence-corrected chi connectivity index (χ4v) is 5.28. The van der Waals surface area contributed by atoms with Gasteiger partial charge in [-0.15, -0.1) is 0 Å². The van der Waals surface area contributed by atoms with E-state index in [0.717, 1.165) is 9.87 Å². The Bertz CT molecular complexity index is 1500. The standard InChI is InChI=1S/C26H21Cl2N3O4S/c1-18-7-10-20(11-8-18)31(36(33,34)22-5-3-2-4-6-22)17-26(32)30-29-16-21-12-14-25(35-21)23-13-9-19(27)15-24(23)28/h2-16H,17H2,1H3,(H,30,32)/b29-16-. The van der Waals surface area contributed by atoms with Crippen LogP contribution in [0.5, 0.6) is 0 Å². The number of aryl methyl sites for hydroxylation is 1. The Kier molecular flexibility index (Phi) is 7.79. The normalized spacial score (nSPS) is 11.5. The smallest absolute Gasteiger partial charge is 0.264 e. The average molecular weight is 542 g/mol. The molecule has 1 heterocycles. The number of benzene rings is 3. The molecule has 0 aliphatic heterocycles. The lowest BCUT2D eigenvalue weighted by atomic mass is 10.2. The van der Waals surface area contributed by atoms with Gasteiger partial charge in [0.2, 0.25) is 0 Å². The minimum atomic E-state index is -3.99. The van der Waals surface area contributed by atoms with Crippen molar-refractivity contribution >= 4 is 51.0 Å². The van der Waals surface area contributed by atoms with Gasteiger partial charge in [-0.1, -0.05) is 59.1 Å². The average Bonchev–Trinajstić information content (AvgIpc) is 3.32. The molecule has 36 heavy (non-hydrogen) atoms. The summed E-state index contributed by atoms with van der Waals surface area (Å²) in [5, 5.41) is 4.85. The molecule has 0 unspecified atom stereocenters. The number of carbonyl (C=O) groups is 1. The Labute approximate surface area is 219 Å². The molecule has 4 rings (SSSR count). The number of carbonyl (C=O) groups excluding carboxylic acids is 1. The summed E-state index contributed by atoms with van der Waals surface area (Å²) in [6, 6.07) is 23.2. The summed E-state index contributed by atoms with van der Waals surface area (Å²) >= 11 is 12.2. The summed E-state index contributed by atoms with van der Waals surface area (Å²) in [4.78, 5) is 12.7. The summed E-state index contributed by atoms with van der Waals surface area (Å²) in [6.45, 7) is 1.42. The first-order valence-electron chi connectivity index (χ1n) is 10.8. The van der Waals surface area contributed by atoms with Crippen LogP contribution in [0.4, 0.5) is 5.69 Å². The van der Waals surface area contributed by atoms with Crippen LogP contribution in [-0.4, -0.2) is 27.1 Å². The lowest BCUT2D eigenvalue weighted by Crippen LogP contribution is -2.39. The third kappa shape index (κ3) is 5.96. The van der Waals surface area contributed by atoms with Gasteiger partial charge >= 0.3 is 0 Å². The van der Waals surface area contributed by atoms with Gasteiger partial charge in [0.05, 0.1) is 21.8 Å². The number of rotatable bonds is 8. The predicted molar refractivity (Wildman–Crippen MR) is 142 cm³/mol. The van der Waals surface area contributed by atoms with Gasteiger partial charge in [0.1, 0.15) is 18.1 Å². The fraction of sp³-hybridized carbons (Fsp3) is 0.0769. The van der Waals surface area contributed by atoms with Crippen molar-refractivity contribution in [1.29, 1.82) is 0 Å². The number of hydrogen-bond donors (Lipinski definition) is 1. The van der Waals surface area contributed by atoms with Crippen LogP contribution >= 0.6 is 23.2 Å². The summed E-state index contributed by atoms with van der Waals surface area (Å²) < 4.78 is 33.4. The number of nitrogens with zero attached hydrogens (tertiary/aromatic N) is 2. The maximum Gasteiger partial charge on any atom is 0.264 e. The molecule has 1 amide bonds. The van der Waals surface area contributed by atoms with Gasteiger partial charge in [-0.2, -0.15) is 5.10 Å². The number of hydrogen-bond acceptors (Lipinski definition) is 5. The molecule has 0 saturated heterocycles. The van der Waals surface area contributed by atoms with E-state index in [2.05, 4.69) is 10.5 Å².